The first kappa shape index (κ1) is 24.7. The summed E-state index contributed by atoms with van der Waals surface area (Å²) in [6, 6.07) is 5.01. The van der Waals surface area contributed by atoms with Crippen LogP contribution in [0.15, 0.2) is 18.2 Å². The van der Waals surface area contributed by atoms with E-state index in [1.54, 1.807) is 18.2 Å². The fourth-order valence-electron chi connectivity index (χ4n) is 4.48. The number of esters is 2. The minimum Gasteiger partial charge on any atom is -0.422 e. The first-order chi connectivity index (χ1) is 15.2. The summed E-state index contributed by atoms with van der Waals surface area (Å²) in [6.07, 6.45) is 8.99. The third kappa shape index (κ3) is 7.31. The molecule has 0 bridgehead atoms. The lowest BCUT2D eigenvalue weighted by atomic mass is 9.89. The summed E-state index contributed by atoms with van der Waals surface area (Å²) >= 11 is 0. The number of carbonyl (C=O) groups excluding carboxylic acids is 2. The Morgan fingerprint density at radius 3 is 1.91 bits per heavy atom. The van der Waals surface area contributed by atoms with E-state index in [4.69, 9.17) is 9.47 Å². The zero-order chi connectivity index (χ0) is 23.1. The third-order valence-corrected chi connectivity index (χ3v) is 6.48. The molecule has 2 N–H and O–H groups in total. The highest BCUT2D eigenvalue weighted by Gasteiger charge is 2.27. The number of aliphatic hydroxyl groups excluding tert-OH is 1. The summed E-state index contributed by atoms with van der Waals surface area (Å²) in [6.45, 7) is 6.46. The third-order valence-electron chi connectivity index (χ3n) is 6.48. The minimum absolute atomic E-state index is 0.105. The number of carbonyl (C=O) groups is 2. The molecule has 1 atom stereocenters. The van der Waals surface area contributed by atoms with Gasteiger partial charge >= 0.3 is 11.9 Å². The van der Waals surface area contributed by atoms with Crippen LogP contribution in [-0.2, 0) is 9.59 Å². The highest BCUT2D eigenvalue weighted by Crippen LogP contribution is 2.35. The Balaban J connectivity index is 1.77. The van der Waals surface area contributed by atoms with Gasteiger partial charge in [-0.15, -0.1) is 0 Å². The van der Waals surface area contributed by atoms with E-state index in [2.05, 4.69) is 5.32 Å². The lowest BCUT2D eigenvalue weighted by Gasteiger charge is -2.24. The summed E-state index contributed by atoms with van der Waals surface area (Å²) < 4.78 is 11.5. The van der Waals surface area contributed by atoms with Crippen molar-refractivity contribution in [3.63, 3.8) is 0 Å². The van der Waals surface area contributed by atoms with Crippen molar-refractivity contribution < 1.29 is 24.2 Å². The van der Waals surface area contributed by atoms with Crippen molar-refractivity contribution in [2.45, 2.75) is 96.6 Å². The van der Waals surface area contributed by atoms with E-state index >= 15 is 0 Å². The van der Waals surface area contributed by atoms with E-state index in [-0.39, 0.29) is 40.8 Å². The van der Waals surface area contributed by atoms with Gasteiger partial charge in [0.2, 0.25) is 0 Å². The van der Waals surface area contributed by atoms with Crippen LogP contribution in [0.2, 0.25) is 0 Å². The van der Waals surface area contributed by atoms with Crippen molar-refractivity contribution in [3.05, 3.63) is 23.8 Å². The molecule has 1 aromatic rings. The highest BCUT2D eigenvalue weighted by atomic mass is 16.6. The van der Waals surface area contributed by atoms with Crippen LogP contribution in [0.1, 0.15) is 96.6 Å². The summed E-state index contributed by atoms with van der Waals surface area (Å²) in [5, 5.41) is 13.9. The fraction of sp³-hybridized carbons (Fsp3) is 0.692. The average Bonchev–Trinajstić information content (AvgIpc) is 2.79. The molecule has 0 aromatic heterocycles. The molecule has 0 radical (unpaired) electrons. The van der Waals surface area contributed by atoms with Gasteiger partial charge in [-0.2, -0.15) is 0 Å². The molecule has 0 spiro atoms. The fourth-order valence-corrected chi connectivity index (χ4v) is 4.48. The van der Waals surface area contributed by atoms with Gasteiger partial charge in [0.25, 0.3) is 0 Å². The number of rotatable bonds is 7. The Labute approximate surface area is 192 Å². The summed E-state index contributed by atoms with van der Waals surface area (Å²) in [7, 11) is 0. The smallest absolute Gasteiger partial charge is 0.314 e. The van der Waals surface area contributed by atoms with Crippen LogP contribution < -0.4 is 14.8 Å². The molecular formula is C26H39NO5. The Morgan fingerprint density at radius 2 is 1.41 bits per heavy atom. The molecule has 0 saturated heterocycles. The molecule has 2 fully saturated rings. The first-order valence-corrected chi connectivity index (χ1v) is 12.2. The van der Waals surface area contributed by atoms with Crippen molar-refractivity contribution in [2.24, 2.45) is 11.8 Å². The molecule has 178 valence electrons. The van der Waals surface area contributed by atoms with E-state index in [0.29, 0.717) is 12.1 Å². The van der Waals surface area contributed by atoms with Gasteiger partial charge < -0.3 is 19.9 Å². The second-order valence-corrected chi connectivity index (χ2v) is 10.4. The minimum atomic E-state index is -0.774. The predicted molar refractivity (Wildman–Crippen MR) is 124 cm³/mol. The SMILES string of the molecule is CC(C)(C)NCC(O)c1ccc(OC(=O)C2CCCCC2)c(OC(=O)C2CCCCC2)c1. The molecule has 0 amide bonds. The Morgan fingerprint density at radius 1 is 0.906 bits per heavy atom. The molecule has 32 heavy (non-hydrogen) atoms. The van der Waals surface area contributed by atoms with Gasteiger partial charge in [-0.1, -0.05) is 44.6 Å². The van der Waals surface area contributed by atoms with Crippen molar-refractivity contribution in [3.8, 4) is 11.5 Å². The number of benzene rings is 1. The van der Waals surface area contributed by atoms with E-state index in [0.717, 1.165) is 64.2 Å². The van der Waals surface area contributed by atoms with Crippen LogP contribution in [0.4, 0.5) is 0 Å². The van der Waals surface area contributed by atoms with Gasteiger partial charge in [0.05, 0.1) is 17.9 Å². The molecule has 6 heteroatoms. The summed E-state index contributed by atoms with van der Waals surface area (Å²) in [5.74, 6) is -0.295. The second-order valence-electron chi connectivity index (χ2n) is 10.4. The van der Waals surface area contributed by atoms with Crippen LogP contribution >= 0.6 is 0 Å². The topological polar surface area (TPSA) is 84.9 Å². The maximum absolute atomic E-state index is 12.8. The molecule has 6 nitrogen and oxygen atoms in total. The number of hydrogen-bond acceptors (Lipinski definition) is 6. The molecule has 0 aliphatic heterocycles. The van der Waals surface area contributed by atoms with Crippen molar-refractivity contribution in [1.29, 1.82) is 0 Å². The summed E-state index contributed by atoms with van der Waals surface area (Å²) in [4.78, 5) is 25.5. The first-order valence-electron chi connectivity index (χ1n) is 12.2. The van der Waals surface area contributed by atoms with Crippen LogP contribution in [0.5, 0.6) is 11.5 Å². The average molecular weight is 446 g/mol. The molecule has 2 aliphatic carbocycles. The molecule has 3 rings (SSSR count). The van der Waals surface area contributed by atoms with Gasteiger partial charge in [-0.05, 0) is 64.2 Å². The van der Waals surface area contributed by atoms with Crippen molar-refractivity contribution in [2.75, 3.05) is 6.54 Å². The molecular weight excluding hydrogens is 406 g/mol. The largest absolute Gasteiger partial charge is 0.422 e. The lowest BCUT2D eigenvalue weighted by molar-refractivity contribution is -0.142. The molecule has 2 aliphatic rings. The maximum atomic E-state index is 12.8. The monoisotopic (exact) mass is 445 g/mol. The quantitative estimate of drug-likeness (QED) is 0.450. The Bertz CT molecular complexity index is 773. The second kappa shape index (κ2) is 11.3. The van der Waals surface area contributed by atoms with E-state index in [1.807, 2.05) is 20.8 Å². The van der Waals surface area contributed by atoms with Crippen molar-refractivity contribution in [1.82, 2.24) is 5.32 Å². The maximum Gasteiger partial charge on any atom is 0.314 e. The number of nitrogens with one attached hydrogen (secondary N) is 1. The van der Waals surface area contributed by atoms with Crippen LogP contribution in [0, 0.1) is 11.8 Å². The van der Waals surface area contributed by atoms with Crippen LogP contribution in [0.25, 0.3) is 0 Å². The van der Waals surface area contributed by atoms with Gasteiger partial charge in [0, 0.05) is 12.1 Å². The van der Waals surface area contributed by atoms with E-state index in [9.17, 15) is 14.7 Å². The molecule has 1 aromatic carbocycles. The number of aliphatic hydroxyl groups is 1. The number of β-amino-alcohol motifs (C(OH)–C–C–N with tert-alkyl or cyclic N) is 1. The zero-order valence-electron chi connectivity index (χ0n) is 19.8. The Kier molecular flexibility index (Phi) is 8.72. The molecule has 2 saturated carbocycles. The van der Waals surface area contributed by atoms with Crippen LogP contribution in [0.3, 0.4) is 0 Å². The standard InChI is InChI=1S/C26H39NO5/c1-26(2,3)27-17-21(28)20-14-15-22(31-24(29)18-10-6-4-7-11-18)23(16-20)32-25(30)19-12-8-5-9-13-19/h14-16,18-19,21,27-28H,4-13,17H2,1-3H3. The van der Waals surface area contributed by atoms with Gasteiger partial charge in [-0.3, -0.25) is 9.59 Å². The summed E-state index contributed by atoms with van der Waals surface area (Å²) in [5.41, 5.74) is 0.484. The van der Waals surface area contributed by atoms with Crippen molar-refractivity contribution >= 4 is 11.9 Å². The molecule has 1 unspecified atom stereocenters. The molecule has 0 heterocycles. The van der Waals surface area contributed by atoms with E-state index in [1.165, 1.54) is 0 Å². The lowest BCUT2D eigenvalue weighted by Crippen LogP contribution is -2.38. The number of hydrogen-bond donors (Lipinski definition) is 2. The predicted octanol–water partition coefficient (Wildman–Crippen LogP) is 5.08. The van der Waals surface area contributed by atoms with Gasteiger partial charge in [-0.25, -0.2) is 0 Å². The highest BCUT2D eigenvalue weighted by molar-refractivity contribution is 5.78. The van der Waals surface area contributed by atoms with E-state index < -0.39 is 6.10 Å². The van der Waals surface area contributed by atoms with Gasteiger partial charge in [0.15, 0.2) is 11.5 Å². The van der Waals surface area contributed by atoms with Gasteiger partial charge in [0.1, 0.15) is 0 Å². The number of ether oxygens (including phenoxy) is 2. The zero-order valence-corrected chi connectivity index (χ0v) is 19.8. The normalized spacial score (nSPS) is 19.4. The van der Waals surface area contributed by atoms with Crippen LogP contribution in [-0.4, -0.2) is 29.1 Å². The Hall–Kier alpha value is -1.92.